The molecule has 1 aromatic heterocycles. The maximum absolute atomic E-state index is 13.2. The molecule has 0 aliphatic carbocycles. The zero-order valence-electron chi connectivity index (χ0n) is 11.7. The fourth-order valence-corrected chi connectivity index (χ4v) is 2.00. The summed E-state index contributed by atoms with van der Waals surface area (Å²) in [6.07, 6.45) is 1.41. The first kappa shape index (κ1) is 15.3. The zero-order chi connectivity index (χ0) is 15.4. The van der Waals surface area contributed by atoms with Gasteiger partial charge in [-0.3, -0.25) is 4.79 Å². The van der Waals surface area contributed by atoms with E-state index >= 15 is 0 Å². The number of aromatic nitrogens is 1. The average Bonchev–Trinajstić information content (AvgIpc) is 2.45. The molecule has 1 heterocycles. The standard InChI is InChI=1S/C15H15ClFN3O/c1-3-18-14-7-11(12(16)8-19-14)15(21)20-13-6-10(17)5-4-9(13)2/h4-8H,3H2,1-2H3,(H,18,19)(H,20,21). The molecule has 0 aliphatic heterocycles. The lowest BCUT2D eigenvalue weighted by Crippen LogP contribution is -2.14. The van der Waals surface area contributed by atoms with Gasteiger partial charge in [0.2, 0.25) is 0 Å². The van der Waals surface area contributed by atoms with Crippen molar-refractivity contribution in [3.8, 4) is 0 Å². The van der Waals surface area contributed by atoms with Crippen molar-refractivity contribution >= 4 is 29.0 Å². The van der Waals surface area contributed by atoms with E-state index in [1.165, 1.54) is 18.3 Å². The van der Waals surface area contributed by atoms with Crippen molar-refractivity contribution in [2.45, 2.75) is 13.8 Å². The van der Waals surface area contributed by atoms with Gasteiger partial charge >= 0.3 is 0 Å². The minimum Gasteiger partial charge on any atom is -0.370 e. The zero-order valence-corrected chi connectivity index (χ0v) is 12.5. The van der Waals surface area contributed by atoms with Crippen LogP contribution in [0.15, 0.2) is 30.5 Å². The number of nitrogens with zero attached hydrogens (tertiary/aromatic N) is 1. The number of anilines is 2. The van der Waals surface area contributed by atoms with Gasteiger partial charge in [-0.15, -0.1) is 0 Å². The number of rotatable bonds is 4. The Morgan fingerprint density at radius 1 is 1.38 bits per heavy atom. The number of carbonyl (C=O) groups excluding carboxylic acids is 1. The summed E-state index contributed by atoms with van der Waals surface area (Å²) in [5, 5.41) is 5.90. The molecule has 21 heavy (non-hydrogen) atoms. The average molecular weight is 308 g/mol. The van der Waals surface area contributed by atoms with Crippen LogP contribution in [0, 0.1) is 12.7 Å². The van der Waals surface area contributed by atoms with Crippen molar-refractivity contribution < 1.29 is 9.18 Å². The number of aryl methyl sites for hydroxylation is 1. The first-order chi connectivity index (χ1) is 10.0. The van der Waals surface area contributed by atoms with Crippen LogP contribution in [0.1, 0.15) is 22.8 Å². The molecule has 110 valence electrons. The van der Waals surface area contributed by atoms with Gasteiger partial charge in [0.1, 0.15) is 11.6 Å². The molecule has 0 fully saturated rings. The van der Waals surface area contributed by atoms with E-state index in [-0.39, 0.29) is 10.6 Å². The van der Waals surface area contributed by atoms with Crippen LogP contribution in [0.4, 0.5) is 15.9 Å². The number of carbonyl (C=O) groups is 1. The smallest absolute Gasteiger partial charge is 0.257 e. The van der Waals surface area contributed by atoms with Crippen LogP contribution in [0.25, 0.3) is 0 Å². The van der Waals surface area contributed by atoms with E-state index in [0.29, 0.717) is 18.1 Å². The second kappa shape index (κ2) is 6.54. The number of nitrogens with one attached hydrogen (secondary N) is 2. The summed E-state index contributed by atoms with van der Waals surface area (Å²) in [7, 11) is 0. The normalized spacial score (nSPS) is 10.3. The number of amides is 1. The Morgan fingerprint density at radius 2 is 2.14 bits per heavy atom. The van der Waals surface area contributed by atoms with Crippen molar-refractivity contribution in [1.82, 2.24) is 4.98 Å². The molecule has 0 aliphatic rings. The quantitative estimate of drug-likeness (QED) is 0.901. The van der Waals surface area contributed by atoms with Crippen molar-refractivity contribution in [1.29, 1.82) is 0 Å². The first-order valence-electron chi connectivity index (χ1n) is 6.48. The Bertz CT molecular complexity index is 676. The second-order valence-corrected chi connectivity index (χ2v) is 4.90. The van der Waals surface area contributed by atoms with Crippen LogP contribution in [0.2, 0.25) is 5.02 Å². The van der Waals surface area contributed by atoms with E-state index in [1.807, 2.05) is 6.92 Å². The summed E-state index contributed by atoms with van der Waals surface area (Å²) in [6.45, 7) is 4.39. The minimum atomic E-state index is -0.412. The fraction of sp³-hybridized carbons (Fsp3) is 0.200. The third kappa shape index (κ3) is 3.70. The highest BCUT2D eigenvalue weighted by molar-refractivity contribution is 6.34. The lowest BCUT2D eigenvalue weighted by molar-refractivity contribution is 0.102. The van der Waals surface area contributed by atoms with E-state index in [0.717, 1.165) is 5.56 Å². The molecule has 1 amide bonds. The van der Waals surface area contributed by atoms with Gasteiger partial charge < -0.3 is 10.6 Å². The van der Waals surface area contributed by atoms with E-state index in [4.69, 9.17) is 11.6 Å². The van der Waals surface area contributed by atoms with Crippen LogP contribution < -0.4 is 10.6 Å². The molecule has 0 atom stereocenters. The van der Waals surface area contributed by atoms with Gasteiger partial charge in [0.05, 0.1) is 10.6 Å². The summed E-state index contributed by atoms with van der Waals surface area (Å²) >= 11 is 6.00. The Hall–Kier alpha value is -2.14. The van der Waals surface area contributed by atoms with Gasteiger partial charge in [-0.1, -0.05) is 17.7 Å². The van der Waals surface area contributed by atoms with Crippen molar-refractivity contribution in [2.75, 3.05) is 17.2 Å². The summed E-state index contributed by atoms with van der Waals surface area (Å²) < 4.78 is 13.2. The topological polar surface area (TPSA) is 54.0 Å². The van der Waals surface area contributed by atoms with Crippen LogP contribution in [-0.4, -0.2) is 17.4 Å². The van der Waals surface area contributed by atoms with E-state index in [9.17, 15) is 9.18 Å². The van der Waals surface area contributed by atoms with Crippen molar-refractivity contribution in [2.24, 2.45) is 0 Å². The molecule has 2 rings (SSSR count). The number of hydrogen-bond acceptors (Lipinski definition) is 3. The van der Waals surface area contributed by atoms with E-state index in [1.54, 1.807) is 19.1 Å². The lowest BCUT2D eigenvalue weighted by atomic mass is 10.1. The predicted octanol–water partition coefficient (Wildman–Crippen LogP) is 3.87. The SMILES string of the molecule is CCNc1cc(C(=O)Nc2cc(F)ccc2C)c(Cl)cn1. The highest BCUT2D eigenvalue weighted by Crippen LogP contribution is 2.21. The number of pyridine rings is 1. The number of benzene rings is 1. The molecule has 0 spiro atoms. The molecule has 4 nitrogen and oxygen atoms in total. The molecule has 0 bridgehead atoms. The predicted molar refractivity (Wildman–Crippen MR) is 82.5 cm³/mol. The molecule has 6 heteroatoms. The third-order valence-electron chi connectivity index (χ3n) is 2.91. The molecule has 0 saturated heterocycles. The molecule has 1 aromatic carbocycles. The maximum atomic E-state index is 13.2. The van der Waals surface area contributed by atoms with Gasteiger partial charge in [-0.05, 0) is 37.6 Å². The Balaban J connectivity index is 2.27. The van der Waals surface area contributed by atoms with Crippen LogP contribution in [0.5, 0.6) is 0 Å². The first-order valence-corrected chi connectivity index (χ1v) is 6.86. The van der Waals surface area contributed by atoms with Crippen LogP contribution in [0.3, 0.4) is 0 Å². The van der Waals surface area contributed by atoms with Gasteiger partial charge in [0, 0.05) is 18.4 Å². The Morgan fingerprint density at radius 3 is 2.86 bits per heavy atom. The van der Waals surface area contributed by atoms with Gasteiger partial charge in [0.25, 0.3) is 5.91 Å². The fourth-order valence-electron chi connectivity index (χ4n) is 1.81. The molecule has 0 saturated carbocycles. The number of halogens is 2. The minimum absolute atomic E-state index is 0.239. The summed E-state index contributed by atoms with van der Waals surface area (Å²) in [6, 6.07) is 5.78. The second-order valence-electron chi connectivity index (χ2n) is 4.49. The van der Waals surface area contributed by atoms with Crippen molar-refractivity contribution in [3.63, 3.8) is 0 Å². The largest absolute Gasteiger partial charge is 0.370 e. The number of hydrogen-bond donors (Lipinski definition) is 2. The molecule has 2 N–H and O–H groups in total. The van der Waals surface area contributed by atoms with Gasteiger partial charge in [0.15, 0.2) is 0 Å². The molecule has 0 unspecified atom stereocenters. The molecular weight excluding hydrogens is 293 g/mol. The highest BCUT2D eigenvalue weighted by atomic mass is 35.5. The van der Waals surface area contributed by atoms with Gasteiger partial charge in [-0.2, -0.15) is 0 Å². The monoisotopic (exact) mass is 307 g/mol. The molecule has 2 aromatic rings. The Labute approximate surface area is 127 Å². The van der Waals surface area contributed by atoms with Gasteiger partial charge in [-0.25, -0.2) is 9.37 Å². The van der Waals surface area contributed by atoms with Crippen molar-refractivity contribution in [3.05, 3.63) is 52.4 Å². The van der Waals surface area contributed by atoms with E-state index < -0.39 is 11.7 Å². The van der Waals surface area contributed by atoms with Crippen LogP contribution in [-0.2, 0) is 0 Å². The third-order valence-corrected chi connectivity index (χ3v) is 3.21. The Kier molecular flexibility index (Phi) is 4.75. The molecular formula is C15H15ClFN3O. The van der Waals surface area contributed by atoms with Crippen LogP contribution >= 0.6 is 11.6 Å². The van der Waals surface area contributed by atoms with E-state index in [2.05, 4.69) is 15.6 Å². The molecule has 0 radical (unpaired) electrons. The lowest BCUT2D eigenvalue weighted by Gasteiger charge is -2.11. The summed E-state index contributed by atoms with van der Waals surface area (Å²) in [5.41, 5.74) is 1.46. The highest BCUT2D eigenvalue weighted by Gasteiger charge is 2.13. The summed E-state index contributed by atoms with van der Waals surface area (Å²) in [5.74, 6) is -0.261. The summed E-state index contributed by atoms with van der Waals surface area (Å²) in [4.78, 5) is 16.3. The maximum Gasteiger partial charge on any atom is 0.257 e.